The lowest BCUT2D eigenvalue weighted by atomic mass is 10.2. The Labute approximate surface area is 137 Å². The molecule has 1 aliphatic rings. The van der Waals surface area contributed by atoms with Crippen LogP contribution < -0.4 is 4.90 Å². The predicted octanol–water partition coefficient (Wildman–Crippen LogP) is 4.89. The molecule has 1 saturated heterocycles. The minimum absolute atomic E-state index is 0.297. The molecule has 3 rings (SSSR count). The van der Waals surface area contributed by atoms with Crippen molar-refractivity contribution < 1.29 is 9.59 Å². The van der Waals surface area contributed by atoms with E-state index >= 15 is 0 Å². The highest BCUT2D eigenvalue weighted by atomic mass is 35.5. The van der Waals surface area contributed by atoms with Crippen molar-refractivity contribution in [2.45, 2.75) is 6.92 Å². The Morgan fingerprint density at radius 1 is 1.09 bits per heavy atom. The summed E-state index contributed by atoms with van der Waals surface area (Å²) in [6, 6.07) is 14.5. The summed E-state index contributed by atoms with van der Waals surface area (Å²) in [5, 5.41) is 0.249. The van der Waals surface area contributed by atoms with Crippen LogP contribution in [0.4, 0.5) is 10.5 Å². The molecule has 0 atom stereocenters. The van der Waals surface area contributed by atoms with Gasteiger partial charge in [0, 0.05) is 5.02 Å². The Kier molecular flexibility index (Phi) is 4.05. The second-order valence-electron chi connectivity index (χ2n) is 4.88. The summed E-state index contributed by atoms with van der Waals surface area (Å²) in [5.41, 5.74) is 2.30. The minimum Gasteiger partial charge on any atom is -0.268 e. The molecule has 2 aromatic carbocycles. The van der Waals surface area contributed by atoms with Crippen LogP contribution in [0.1, 0.15) is 11.1 Å². The van der Waals surface area contributed by atoms with Crippen LogP contribution in [0.5, 0.6) is 0 Å². The summed E-state index contributed by atoms with van der Waals surface area (Å²) in [7, 11) is 0. The highest BCUT2D eigenvalue weighted by molar-refractivity contribution is 8.19. The summed E-state index contributed by atoms with van der Waals surface area (Å²) in [6.45, 7) is 1.92. The molecule has 22 heavy (non-hydrogen) atoms. The van der Waals surface area contributed by atoms with E-state index in [9.17, 15) is 9.59 Å². The van der Waals surface area contributed by atoms with E-state index in [-0.39, 0.29) is 11.1 Å². The van der Waals surface area contributed by atoms with Gasteiger partial charge < -0.3 is 0 Å². The Balaban J connectivity index is 1.97. The number of imide groups is 1. The van der Waals surface area contributed by atoms with E-state index in [1.54, 1.807) is 18.2 Å². The molecule has 0 unspecified atom stereocenters. The van der Waals surface area contributed by atoms with Gasteiger partial charge in [-0.15, -0.1) is 0 Å². The lowest BCUT2D eigenvalue weighted by Crippen LogP contribution is -2.27. The molecule has 3 nitrogen and oxygen atoms in total. The molecule has 1 aliphatic heterocycles. The number of rotatable bonds is 2. The Bertz CT molecular complexity index is 801. The summed E-state index contributed by atoms with van der Waals surface area (Å²) < 4.78 is 0. The van der Waals surface area contributed by atoms with Gasteiger partial charge in [0.2, 0.25) is 0 Å². The molecule has 0 aromatic heterocycles. The Hall–Kier alpha value is -2.04. The number of benzene rings is 2. The molecular weight excluding hydrogens is 318 g/mol. The van der Waals surface area contributed by atoms with Crippen LogP contribution in [-0.4, -0.2) is 11.1 Å². The van der Waals surface area contributed by atoms with E-state index in [0.717, 1.165) is 22.9 Å². The monoisotopic (exact) mass is 329 g/mol. The van der Waals surface area contributed by atoms with E-state index in [1.165, 1.54) is 4.90 Å². The first-order valence-electron chi connectivity index (χ1n) is 6.65. The standard InChI is InChI=1S/C17H12ClNO2S/c1-11-5-4-7-13(9-11)19-16(20)15(22-17(19)21)10-12-6-2-3-8-14(12)18/h2-10H,1H3. The Morgan fingerprint density at radius 3 is 2.59 bits per heavy atom. The van der Waals surface area contributed by atoms with Crippen LogP contribution in [0.15, 0.2) is 53.4 Å². The molecule has 1 fully saturated rings. The third kappa shape index (κ3) is 2.80. The fraction of sp³-hybridized carbons (Fsp3) is 0.0588. The van der Waals surface area contributed by atoms with Crippen molar-refractivity contribution in [3.63, 3.8) is 0 Å². The molecule has 5 heteroatoms. The number of carbonyl (C=O) groups is 2. The van der Waals surface area contributed by atoms with Crippen molar-refractivity contribution in [2.24, 2.45) is 0 Å². The van der Waals surface area contributed by atoms with E-state index in [0.29, 0.717) is 15.6 Å². The SMILES string of the molecule is Cc1cccc(N2C(=O)SC(=Cc3ccccc3Cl)C2=O)c1. The van der Waals surface area contributed by atoms with Crippen LogP contribution in [0.2, 0.25) is 5.02 Å². The van der Waals surface area contributed by atoms with Gasteiger partial charge in [-0.1, -0.05) is 41.9 Å². The normalized spacial score (nSPS) is 16.6. The van der Waals surface area contributed by atoms with Crippen molar-refractivity contribution in [2.75, 3.05) is 4.90 Å². The molecule has 0 N–H and O–H groups in total. The maximum atomic E-state index is 12.5. The van der Waals surface area contributed by atoms with Crippen LogP contribution in [0, 0.1) is 6.92 Å². The maximum absolute atomic E-state index is 12.5. The lowest BCUT2D eigenvalue weighted by molar-refractivity contribution is -0.113. The van der Waals surface area contributed by atoms with E-state index in [4.69, 9.17) is 11.6 Å². The molecule has 110 valence electrons. The summed E-state index contributed by atoms with van der Waals surface area (Å²) in [6.07, 6.45) is 1.66. The maximum Gasteiger partial charge on any atom is 0.298 e. The summed E-state index contributed by atoms with van der Waals surface area (Å²) in [4.78, 5) is 26.3. The minimum atomic E-state index is -0.319. The predicted molar refractivity (Wildman–Crippen MR) is 91.1 cm³/mol. The zero-order valence-electron chi connectivity index (χ0n) is 11.7. The van der Waals surface area contributed by atoms with Crippen molar-refractivity contribution in [1.82, 2.24) is 0 Å². The van der Waals surface area contributed by atoms with Crippen LogP contribution in [-0.2, 0) is 4.79 Å². The largest absolute Gasteiger partial charge is 0.298 e. The number of anilines is 1. The van der Waals surface area contributed by atoms with Gasteiger partial charge in [0.1, 0.15) is 0 Å². The Morgan fingerprint density at radius 2 is 1.86 bits per heavy atom. The van der Waals surface area contributed by atoms with Gasteiger partial charge in [0.25, 0.3) is 11.1 Å². The quantitative estimate of drug-likeness (QED) is 0.736. The van der Waals surface area contributed by atoms with Crippen LogP contribution in [0.25, 0.3) is 6.08 Å². The zero-order valence-corrected chi connectivity index (χ0v) is 13.3. The first-order chi connectivity index (χ1) is 10.6. The third-order valence-electron chi connectivity index (χ3n) is 3.25. The molecule has 2 amide bonds. The topological polar surface area (TPSA) is 37.4 Å². The van der Waals surface area contributed by atoms with Crippen LogP contribution in [0.3, 0.4) is 0 Å². The highest BCUT2D eigenvalue weighted by Crippen LogP contribution is 2.36. The first kappa shape index (κ1) is 14.9. The number of amides is 2. The molecule has 0 spiro atoms. The third-order valence-corrected chi connectivity index (χ3v) is 4.46. The van der Waals surface area contributed by atoms with Gasteiger partial charge in [-0.25, -0.2) is 4.90 Å². The first-order valence-corrected chi connectivity index (χ1v) is 7.85. The zero-order chi connectivity index (χ0) is 15.7. The molecule has 2 aromatic rings. The number of carbonyl (C=O) groups excluding carboxylic acids is 2. The van der Waals surface area contributed by atoms with E-state index in [2.05, 4.69) is 0 Å². The van der Waals surface area contributed by atoms with Gasteiger partial charge in [-0.2, -0.15) is 0 Å². The molecule has 0 radical (unpaired) electrons. The lowest BCUT2D eigenvalue weighted by Gasteiger charge is -2.12. The average Bonchev–Trinajstić information content (AvgIpc) is 2.76. The van der Waals surface area contributed by atoms with Crippen LogP contribution >= 0.6 is 23.4 Å². The van der Waals surface area contributed by atoms with Crippen molar-refractivity contribution >= 4 is 46.3 Å². The number of aryl methyl sites for hydroxylation is 1. The molecular formula is C17H12ClNO2S. The van der Waals surface area contributed by atoms with Crippen molar-refractivity contribution in [3.05, 3.63) is 69.6 Å². The molecule has 0 aliphatic carbocycles. The van der Waals surface area contributed by atoms with Gasteiger partial charge in [-0.3, -0.25) is 9.59 Å². The number of halogens is 1. The number of thioether (sulfide) groups is 1. The smallest absolute Gasteiger partial charge is 0.268 e. The van der Waals surface area contributed by atoms with Gasteiger partial charge in [0.15, 0.2) is 0 Å². The van der Waals surface area contributed by atoms with E-state index in [1.807, 2.05) is 43.3 Å². The number of hydrogen-bond acceptors (Lipinski definition) is 3. The van der Waals surface area contributed by atoms with Gasteiger partial charge in [-0.05, 0) is 54.1 Å². The molecule has 1 heterocycles. The molecule has 0 bridgehead atoms. The second-order valence-corrected chi connectivity index (χ2v) is 6.28. The average molecular weight is 330 g/mol. The number of hydrogen-bond donors (Lipinski definition) is 0. The van der Waals surface area contributed by atoms with Crippen molar-refractivity contribution in [1.29, 1.82) is 0 Å². The highest BCUT2D eigenvalue weighted by Gasteiger charge is 2.36. The summed E-state index contributed by atoms with van der Waals surface area (Å²) in [5.74, 6) is -0.319. The number of nitrogens with zero attached hydrogens (tertiary/aromatic N) is 1. The van der Waals surface area contributed by atoms with Gasteiger partial charge >= 0.3 is 0 Å². The summed E-state index contributed by atoms with van der Waals surface area (Å²) >= 11 is 7.02. The fourth-order valence-electron chi connectivity index (χ4n) is 2.19. The van der Waals surface area contributed by atoms with Gasteiger partial charge in [0.05, 0.1) is 10.6 Å². The van der Waals surface area contributed by atoms with E-state index < -0.39 is 0 Å². The second kappa shape index (κ2) is 5.99. The fourth-order valence-corrected chi connectivity index (χ4v) is 3.21. The van der Waals surface area contributed by atoms with Crippen molar-refractivity contribution in [3.8, 4) is 0 Å². The molecule has 0 saturated carbocycles.